The van der Waals surface area contributed by atoms with Gasteiger partial charge in [0.2, 0.25) is 0 Å². The summed E-state index contributed by atoms with van der Waals surface area (Å²) in [5, 5.41) is 4.41. The largest absolute Gasteiger partial charge is 0.276 e. The van der Waals surface area contributed by atoms with Crippen molar-refractivity contribution in [1.82, 2.24) is 9.78 Å². The first-order valence-corrected chi connectivity index (χ1v) is 5.67. The number of nitrogens with zero attached hydrogens (tertiary/aromatic N) is 2. The highest BCUT2D eigenvalue weighted by Crippen LogP contribution is 2.53. The van der Waals surface area contributed by atoms with E-state index in [-0.39, 0.29) is 0 Å². The summed E-state index contributed by atoms with van der Waals surface area (Å²) in [7, 11) is 1.97. The van der Waals surface area contributed by atoms with Crippen molar-refractivity contribution in [2.75, 3.05) is 0 Å². The van der Waals surface area contributed by atoms with Crippen molar-refractivity contribution in [3.63, 3.8) is 0 Å². The zero-order valence-corrected chi connectivity index (χ0v) is 9.71. The molecule has 0 N–H and O–H groups in total. The monoisotopic (exact) mass is 242 g/mol. The van der Waals surface area contributed by atoms with Crippen molar-refractivity contribution >= 4 is 15.9 Å². The number of hydrogen-bond donors (Lipinski definition) is 0. The Morgan fingerprint density at radius 1 is 1.69 bits per heavy atom. The van der Waals surface area contributed by atoms with E-state index in [9.17, 15) is 0 Å². The molecule has 0 aromatic carbocycles. The Kier molecular flexibility index (Phi) is 2.22. The van der Waals surface area contributed by atoms with E-state index >= 15 is 0 Å². The van der Waals surface area contributed by atoms with Gasteiger partial charge in [0.25, 0.3) is 0 Å². The van der Waals surface area contributed by atoms with E-state index in [2.05, 4.69) is 34.0 Å². The third-order valence-electron chi connectivity index (χ3n) is 3.04. The summed E-state index contributed by atoms with van der Waals surface area (Å²) in [6, 6.07) is 2.12. The highest BCUT2D eigenvalue weighted by atomic mass is 79.9. The first-order chi connectivity index (χ1) is 6.12. The van der Waals surface area contributed by atoms with Gasteiger partial charge in [-0.15, -0.1) is 0 Å². The van der Waals surface area contributed by atoms with E-state index in [4.69, 9.17) is 0 Å². The van der Waals surface area contributed by atoms with Crippen LogP contribution in [-0.4, -0.2) is 14.6 Å². The topological polar surface area (TPSA) is 17.8 Å². The molecule has 0 aliphatic heterocycles. The molecule has 3 heteroatoms. The minimum Gasteiger partial charge on any atom is -0.276 e. The molecule has 1 aliphatic carbocycles. The molecule has 0 radical (unpaired) electrons. The summed E-state index contributed by atoms with van der Waals surface area (Å²) in [6.45, 7) is 2.25. The number of halogens is 1. The molecule has 2 rings (SSSR count). The van der Waals surface area contributed by atoms with Crippen molar-refractivity contribution < 1.29 is 0 Å². The molecule has 1 atom stereocenters. The van der Waals surface area contributed by atoms with Crippen LogP contribution >= 0.6 is 15.9 Å². The van der Waals surface area contributed by atoms with Crippen molar-refractivity contribution in [3.8, 4) is 0 Å². The predicted molar refractivity (Wildman–Crippen MR) is 57.0 cm³/mol. The van der Waals surface area contributed by atoms with Gasteiger partial charge in [0.1, 0.15) is 0 Å². The van der Waals surface area contributed by atoms with E-state index in [1.54, 1.807) is 0 Å². The molecule has 0 saturated heterocycles. The normalized spacial score (nSPS) is 21.5. The maximum atomic E-state index is 4.41. The molecule has 13 heavy (non-hydrogen) atoms. The summed E-state index contributed by atoms with van der Waals surface area (Å²) in [5.41, 5.74) is 1.74. The van der Waals surface area contributed by atoms with Crippen molar-refractivity contribution in [2.24, 2.45) is 12.5 Å². The lowest BCUT2D eigenvalue weighted by Gasteiger charge is -2.16. The first-order valence-electron chi connectivity index (χ1n) is 4.75. The van der Waals surface area contributed by atoms with E-state index in [1.807, 2.05) is 17.9 Å². The van der Waals surface area contributed by atoms with Crippen molar-refractivity contribution in [2.45, 2.75) is 31.0 Å². The fourth-order valence-electron chi connectivity index (χ4n) is 1.79. The second-order valence-electron chi connectivity index (χ2n) is 4.14. The fraction of sp³-hybridized carbons (Fsp3) is 0.700. The molecular weight excluding hydrogens is 228 g/mol. The van der Waals surface area contributed by atoms with Crippen molar-refractivity contribution in [3.05, 3.63) is 18.0 Å². The molecule has 0 spiro atoms. The molecule has 1 aromatic heterocycles. The van der Waals surface area contributed by atoms with E-state index < -0.39 is 0 Å². The van der Waals surface area contributed by atoms with Gasteiger partial charge in [-0.25, -0.2) is 0 Å². The minimum atomic E-state index is 0.508. The van der Waals surface area contributed by atoms with Crippen molar-refractivity contribution in [1.29, 1.82) is 0 Å². The molecule has 1 heterocycles. The fourth-order valence-corrected chi connectivity index (χ4v) is 2.41. The molecule has 2 nitrogen and oxygen atoms in total. The van der Waals surface area contributed by atoms with Crippen LogP contribution in [0.15, 0.2) is 12.3 Å². The number of rotatable bonds is 3. The van der Waals surface area contributed by atoms with Crippen LogP contribution in [0.5, 0.6) is 0 Å². The average Bonchev–Trinajstić information content (AvgIpc) is 2.72. The number of hydrogen-bond acceptors (Lipinski definition) is 1. The summed E-state index contributed by atoms with van der Waals surface area (Å²) >= 11 is 3.69. The lowest BCUT2D eigenvalue weighted by molar-refractivity contribution is 0.498. The highest BCUT2D eigenvalue weighted by molar-refractivity contribution is 9.09. The van der Waals surface area contributed by atoms with Crippen LogP contribution in [0, 0.1) is 5.41 Å². The van der Waals surface area contributed by atoms with Gasteiger partial charge in [0.05, 0.1) is 5.69 Å². The molecule has 72 valence electrons. The molecule has 0 bridgehead atoms. The van der Waals surface area contributed by atoms with Crippen LogP contribution in [0.1, 0.15) is 25.5 Å². The van der Waals surface area contributed by atoms with Gasteiger partial charge in [0.15, 0.2) is 0 Å². The Balaban J connectivity index is 2.06. The highest BCUT2D eigenvalue weighted by Gasteiger charge is 2.46. The Bertz CT molecular complexity index is 300. The lowest BCUT2D eigenvalue weighted by Crippen LogP contribution is -2.15. The zero-order valence-electron chi connectivity index (χ0n) is 8.13. The number of aryl methyl sites for hydroxylation is 1. The van der Waals surface area contributed by atoms with Gasteiger partial charge < -0.3 is 0 Å². The van der Waals surface area contributed by atoms with Crippen LogP contribution in [0.3, 0.4) is 0 Å². The maximum Gasteiger partial charge on any atom is 0.0630 e. The van der Waals surface area contributed by atoms with E-state index in [0.717, 1.165) is 6.42 Å². The van der Waals surface area contributed by atoms with Crippen LogP contribution in [-0.2, 0) is 13.5 Å². The summed E-state index contributed by atoms with van der Waals surface area (Å²) in [6.07, 6.45) is 5.83. The molecular formula is C10H15BrN2. The minimum absolute atomic E-state index is 0.508. The van der Waals surface area contributed by atoms with Crippen LogP contribution in [0.4, 0.5) is 0 Å². The first kappa shape index (κ1) is 9.25. The van der Waals surface area contributed by atoms with Crippen LogP contribution in [0.25, 0.3) is 0 Å². The molecule has 1 unspecified atom stereocenters. The zero-order chi connectivity index (χ0) is 9.47. The standard InChI is InChI=1S/C10H15BrN2/c1-8(11)10(4-5-10)7-9-3-6-13(2)12-9/h3,6,8H,4-5,7H2,1-2H3. The smallest absolute Gasteiger partial charge is 0.0630 e. The third kappa shape index (κ3) is 1.80. The second-order valence-corrected chi connectivity index (χ2v) is 5.51. The van der Waals surface area contributed by atoms with E-state index in [0.29, 0.717) is 10.2 Å². The summed E-state index contributed by atoms with van der Waals surface area (Å²) in [4.78, 5) is 0.613. The quantitative estimate of drug-likeness (QED) is 0.746. The van der Waals surface area contributed by atoms with Crippen LogP contribution in [0.2, 0.25) is 0 Å². The molecule has 1 saturated carbocycles. The molecule has 1 aromatic rings. The lowest BCUT2D eigenvalue weighted by atomic mass is 9.97. The molecule has 1 aliphatic rings. The molecule has 0 amide bonds. The van der Waals surface area contributed by atoms with Gasteiger partial charge in [-0.05, 0) is 30.7 Å². The third-order valence-corrected chi connectivity index (χ3v) is 4.01. The van der Waals surface area contributed by atoms with Gasteiger partial charge in [-0.1, -0.05) is 22.9 Å². The van der Waals surface area contributed by atoms with Gasteiger partial charge >= 0.3 is 0 Å². The maximum absolute atomic E-state index is 4.41. The summed E-state index contributed by atoms with van der Waals surface area (Å²) < 4.78 is 1.88. The molecule has 1 fully saturated rings. The van der Waals surface area contributed by atoms with Crippen LogP contribution < -0.4 is 0 Å². The Morgan fingerprint density at radius 2 is 2.38 bits per heavy atom. The predicted octanol–water partition coefficient (Wildman–Crippen LogP) is 2.53. The average molecular weight is 243 g/mol. The van der Waals surface area contributed by atoms with E-state index in [1.165, 1.54) is 18.5 Å². The van der Waals surface area contributed by atoms with Gasteiger partial charge in [-0.2, -0.15) is 5.10 Å². The Labute approximate surface area is 87.5 Å². The van der Waals surface area contributed by atoms with Gasteiger partial charge in [-0.3, -0.25) is 4.68 Å². The SMILES string of the molecule is CC(Br)C1(Cc2ccn(C)n2)CC1. The number of aromatic nitrogens is 2. The Morgan fingerprint density at radius 3 is 2.77 bits per heavy atom. The summed E-state index contributed by atoms with van der Waals surface area (Å²) in [5.74, 6) is 0. The Hall–Kier alpha value is -0.310. The van der Waals surface area contributed by atoms with Gasteiger partial charge in [0, 0.05) is 18.1 Å². The number of alkyl halides is 1. The second kappa shape index (κ2) is 3.12.